The van der Waals surface area contributed by atoms with Crippen molar-refractivity contribution in [3.05, 3.63) is 65.5 Å². The van der Waals surface area contributed by atoms with E-state index in [4.69, 9.17) is 0 Å². The third-order valence-electron chi connectivity index (χ3n) is 6.19. The van der Waals surface area contributed by atoms with Crippen molar-refractivity contribution in [2.75, 3.05) is 11.4 Å². The van der Waals surface area contributed by atoms with Gasteiger partial charge in [-0.2, -0.15) is 0 Å². The number of amides is 4. The van der Waals surface area contributed by atoms with Crippen LogP contribution in [0.4, 0.5) is 14.9 Å². The largest absolute Gasteiger partial charge is 0.325 e. The fourth-order valence-corrected chi connectivity index (χ4v) is 4.61. The molecule has 2 heterocycles. The number of nitrogens with zero attached hydrogens (tertiary/aromatic N) is 2. The fraction of sp³-hybridized carbons (Fsp3) is 0.375. The molecule has 0 saturated carbocycles. The van der Waals surface area contributed by atoms with Crippen molar-refractivity contribution < 1.29 is 18.8 Å². The number of rotatable bonds is 6. The van der Waals surface area contributed by atoms with Gasteiger partial charge in [-0.1, -0.05) is 50.1 Å². The molecule has 0 aliphatic carbocycles. The molecular formula is C24H26FN3O3. The molecule has 2 aliphatic heterocycles. The van der Waals surface area contributed by atoms with Crippen LogP contribution in [0.15, 0.2) is 48.5 Å². The molecule has 2 aliphatic rings. The molecule has 4 rings (SSSR count). The van der Waals surface area contributed by atoms with Gasteiger partial charge in [0.2, 0.25) is 5.91 Å². The van der Waals surface area contributed by atoms with Crippen molar-refractivity contribution in [3.63, 3.8) is 0 Å². The third kappa shape index (κ3) is 3.58. The predicted molar refractivity (Wildman–Crippen MR) is 115 cm³/mol. The Kier molecular flexibility index (Phi) is 5.52. The van der Waals surface area contributed by atoms with Crippen molar-refractivity contribution in [2.24, 2.45) is 0 Å². The molecule has 31 heavy (non-hydrogen) atoms. The summed E-state index contributed by atoms with van der Waals surface area (Å²) in [7, 11) is 0. The van der Waals surface area contributed by atoms with Crippen molar-refractivity contribution in [1.29, 1.82) is 0 Å². The maximum atomic E-state index is 13.5. The van der Waals surface area contributed by atoms with Crippen LogP contribution >= 0.6 is 0 Å². The summed E-state index contributed by atoms with van der Waals surface area (Å²) in [5.74, 6) is -1.18. The molecule has 162 valence electrons. The molecule has 4 amide bonds. The molecule has 2 aromatic carbocycles. The first-order valence-electron chi connectivity index (χ1n) is 10.7. The molecule has 0 spiro atoms. The number of imide groups is 1. The number of hydrogen-bond acceptors (Lipinski definition) is 3. The molecule has 1 N–H and O–H groups in total. The number of carbonyl (C=O) groups excluding carboxylic acids is 3. The minimum absolute atomic E-state index is 0.0485. The van der Waals surface area contributed by atoms with Gasteiger partial charge in [0.1, 0.15) is 17.9 Å². The standard InChI is InChI=1S/C24H26FN3O3/c1-3-4-13-24(18-9-11-19(25)12-10-18)22(30)27(23(31)26-24)15-21(29)28-16(2)14-17-7-5-6-8-20(17)28/h5-12,16H,3-4,13-15H2,1-2H3,(H,26,31)/t16-,24-/m0/s1. The quantitative estimate of drug-likeness (QED) is 0.720. The van der Waals surface area contributed by atoms with Crippen molar-refractivity contribution in [3.8, 4) is 0 Å². The molecule has 1 saturated heterocycles. The van der Waals surface area contributed by atoms with E-state index >= 15 is 0 Å². The van der Waals surface area contributed by atoms with E-state index < -0.39 is 23.3 Å². The minimum atomic E-state index is -1.28. The number of urea groups is 1. The summed E-state index contributed by atoms with van der Waals surface area (Å²) in [5.41, 5.74) is 1.14. The van der Waals surface area contributed by atoms with E-state index in [0.717, 1.165) is 29.0 Å². The van der Waals surface area contributed by atoms with Gasteiger partial charge in [-0.15, -0.1) is 0 Å². The van der Waals surface area contributed by atoms with E-state index in [9.17, 15) is 18.8 Å². The number of benzene rings is 2. The highest BCUT2D eigenvalue weighted by atomic mass is 19.1. The maximum absolute atomic E-state index is 13.5. The monoisotopic (exact) mass is 423 g/mol. The van der Waals surface area contributed by atoms with Crippen LogP contribution in [0, 0.1) is 5.82 Å². The summed E-state index contributed by atoms with van der Waals surface area (Å²) in [6.07, 6.45) is 2.64. The summed E-state index contributed by atoms with van der Waals surface area (Å²) in [6.45, 7) is 3.61. The van der Waals surface area contributed by atoms with Crippen molar-refractivity contribution in [2.45, 2.75) is 51.1 Å². The van der Waals surface area contributed by atoms with Gasteiger partial charge in [0.25, 0.3) is 5.91 Å². The van der Waals surface area contributed by atoms with Gasteiger partial charge in [-0.3, -0.25) is 14.5 Å². The zero-order chi connectivity index (χ0) is 22.2. The molecule has 1 fully saturated rings. The topological polar surface area (TPSA) is 69.7 Å². The molecule has 2 aromatic rings. The lowest BCUT2D eigenvalue weighted by molar-refractivity contribution is -0.135. The molecule has 2 atom stereocenters. The van der Waals surface area contributed by atoms with E-state index in [0.29, 0.717) is 18.4 Å². The maximum Gasteiger partial charge on any atom is 0.325 e. The average molecular weight is 423 g/mol. The van der Waals surface area contributed by atoms with E-state index in [1.807, 2.05) is 38.1 Å². The number of fused-ring (bicyclic) bond motifs is 1. The Balaban J connectivity index is 1.61. The lowest BCUT2D eigenvalue weighted by Gasteiger charge is -2.28. The Labute approximate surface area is 181 Å². The molecule has 0 unspecified atom stereocenters. The first-order valence-corrected chi connectivity index (χ1v) is 10.7. The second kappa shape index (κ2) is 8.13. The van der Waals surface area contributed by atoms with Crippen LogP contribution in [-0.4, -0.2) is 35.3 Å². The van der Waals surface area contributed by atoms with E-state index in [1.54, 1.807) is 4.90 Å². The molecular weight excluding hydrogens is 397 g/mol. The van der Waals surface area contributed by atoms with Crippen LogP contribution in [0.1, 0.15) is 44.2 Å². The zero-order valence-corrected chi connectivity index (χ0v) is 17.7. The van der Waals surface area contributed by atoms with Crippen molar-refractivity contribution >= 4 is 23.5 Å². The number of anilines is 1. The Morgan fingerprint density at radius 1 is 1.16 bits per heavy atom. The third-order valence-corrected chi connectivity index (χ3v) is 6.19. The second-order valence-electron chi connectivity index (χ2n) is 8.28. The smallest absolute Gasteiger partial charge is 0.319 e. The number of halogens is 1. The van der Waals surface area contributed by atoms with Crippen LogP contribution in [0.5, 0.6) is 0 Å². The molecule has 0 bridgehead atoms. The summed E-state index contributed by atoms with van der Waals surface area (Å²) in [6, 6.07) is 12.6. The van der Waals surface area contributed by atoms with Crippen molar-refractivity contribution in [1.82, 2.24) is 10.2 Å². The van der Waals surface area contributed by atoms with E-state index in [-0.39, 0.29) is 18.5 Å². The van der Waals surface area contributed by atoms with Gasteiger partial charge in [0.05, 0.1) is 0 Å². The average Bonchev–Trinajstić information content (AvgIpc) is 3.21. The molecule has 0 radical (unpaired) electrons. The lowest BCUT2D eigenvalue weighted by atomic mass is 9.85. The molecule has 7 heteroatoms. The summed E-state index contributed by atoms with van der Waals surface area (Å²) in [5, 5.41) is 2.81. The zero-order valence-electron chi connectivity index (χ0n) is 17.7. The van der Waals surface area contributed by atoms with Gasteiger partial charge in [0.15, 0.2) is 0 Å². The molecule has 0 aromatic heterocycles. The van der Waals surface area contributed by atoms with Gasteiger partial charge >= 0.3 is 6.03 Å². The first kappa shape index (κ1) is 21.0. The Hall–Kier alpha value is -3.22. The summed E-state index contributed by atoms with van der Waals surface area (Å²) in [4.78, 5) is 42.2. The first-order chi connectivity index (χ1) is 14.9. The van der Waals surface area contributed by atoms with Crippen LogP contribution in [-0.2, 0) is 21.5 Å². The number of carbonyl (C=O) groups is 3. The van der Waals surface area contributed by atoms with Crippen LogP contribution in [0.3, 0.4) is 0 Å². The van der Waals surface area contributed by atoms with E-state index in [1.165, 1.54) is 24.3 Å². The second-order valence-corrected chi connectivity index (χ2v) is 8.28. The van der Waals surface area contributed by atoms with Gasteiger partial charge in [0, 0.05) is 11.7 Å². The highest BCUT2D eigenvalue weighted by Gasteiger charge is 2.52. The van der Waals surface area contributed by atoms with E-state index in [2.05, 4.69) is 5.32 Å². The van der Waals surface area contributed by atoms with Gasteiger partial charge in [-0.25, -0.2) is 9.18 Å². The lowest BCUT2D eigenvalue weighted by Crippen LogP contribution is -2.47. The highest BCUT2D eigenvalue weighted by Crippen LogP contribution is 2.36. The van der Waals surface area contributed by atoms with Gasteiger partial charge < -0.3 is 10.2 Å². The van der Waals surface area contributed by atoms with Crippen LogP contribution < -0.4 is 10.2 Å². The minimum Gasteiger partial charge on any atom is -0.319 e. The Morgan fingerprint density at radius 3 is 2.58 bits per heavy atom. The fourth-order valence-electron chi connectivity index (χ4n) is 4.61. The normalized spacial score (nSPS) is 22.6. The number of para-hydroxylation sites is 1. The van der Waals surface area contributed by atoms with Gasteiger partial charge in [-0.05, 0) is 49.1 Å². The predicted octanol–water partition coefficient (Wildman–Crippen LogP) is 3.74. The summed E-state index contributed by atoms with van der Waals surface area (Å²) >= 11 is 0. The van der Waals surface area contributed by atoms with Crippen LogP contribution in [0.25, 0.3) is 0 Å². The number of hydrogen-bond donors (Lipinski definition) is 1. The Bertz CT molecular complexity index is 1020. The number of nitrogens with one attached hydrogen (secondary N) is 1. The number of unbranched alkanes of at least 4 members (excludes halogenated alkanes) is 1. The molecule has 6 nitrogen and oxygen atoms in total. The summed E-state index contributed by atoms with van der Waals surface area (Å²) < 4.78 is 13.5. The van der Waals surface area contributed by atoms with Crippen LogP contribution in [0.2, 0.25) is 0 Å². The SMILES string of the molecule is CCCC[C@@]1(c2ccc(F)cc2)NC(=O)N(CC(=O)N2c3ccccc3C[C@@H]2C)C1=O. The highest BCUT2D eigenvalue weighted by molar-refractivity contribution is 6.11. The Morgan fingerprint density at radius 2 is 1.87 bits per heavy atom.